The molecule has 21 heavy (non-hydrogen) atoms. The van der Waals surface area contributed by atoms with Crippen LogP contribution in [0.2, 0.25) is 0 Å². The maximum Gasteiger partial charge on any atom is 0.137 e. The molecule has 5 nitrogen and oxygen atoms in total. The minimum Gasteiger partial charge on any atom is -0.392 e. The Morgan fingerprint density at radius 1 is 1.52 bits per heavy atom. The molecule has 0 aliphatic carbocycles. The number of aromatic nitrogens is 2. The Morgan fingerprint density at radius 3 is 3.10 bits per heavy atom. The number of β-amino-alcohol motifs (C(OH)–C–C–N with tert-alkyl or cyclic N) is 1. The third kappa shape index (κ3) is 3.32. The van der Waals surface area contributed by atoms with Crippen molar-refractivity contribution in [3.8, 4) is 11.4 Å². The van der Waals surface area contributed by atoms with Gasteiger partial charge in [0.05, 0.1) is 6.10 Å². The first-order valence-corrected chi connectivity index (χ1v) is 7.43. The standard InChI is InChI=1S/C16H22N4O/c1-17-15(11-20-8-5-14(21)10-20)12-3-2-4-13(9-12)16-18-6-7-19-16/h2-4,6-7,9,14-15,17,21H,5,8,10-11H2,1H3,(H,18,19). The second kappa shape index (κ2) is 6.39. The summed E-state index contributed by atoms with van der Waals surface area (Å²) in [6, 6.07) is 8.70. The average Bonchev–Trinajstić information content (AvgIpc) is 3.16. The Hall–Kier alpha value is -1.69. The fourth-order valence-corrected chi connectivity index (χ4v) is 2.93. The Kier molecular flexibility index (Phi) is 4.34. The number of likely N-dealkylation sites (tertiary alicyclic amines) is 1. The van der Waals surface area contributed by atoms with Gasteiger partial charge >= 0.3 is 0 Å². The van der Waals surface area contributed by atoms with Gasteiger partial charge in [0, 0.05) is 43.6 Å². The minimum absolute atomic E-state index is 0.169. The van der Waals surface area contributed by atoms with Gasteiger partial charge in [-0.2, -0.15) is 0 Å². The number of likely N-dealkylation sites (N-methyl/N-ethyl adjacent to an activating group) is 1. The molecule has 0 radical (unpaired) electrons. The highest BCUT2D eigenvalue weighted by Gasteiger charge is 2.23. The number of aliphatic hydroxyl groups is 1. The maximum absolute atomic E-state index is 9.65. The van der Waals surface area contributed by atoms with Gasteiger partial charge < -0.3 is 15.4 Å². The van der Waals surface area contributed by atoms with Crippen LogP contribution in [0.25, 0.3) is 11.4 Å². The van der Waals surface area contributed by atoms with Crippen LogP contribution in [0.3, 0.4) is 0 Å². The highest BCUT2D eigenvalue weighted by Crippen LogP contribution is 2.22. The number of nitrogens with zero attached hydrogens (tertiary/aromatic N) is 2. The van der Waals surface area contributed by atoms with Crippen LogP contribution in [0.5, 0.6) is 0 Å². The molecular weight excluding hydrogens is 264 g/mol. The van der Waals surface area contributed by atoms with Gasteiger partial charge in [-0.05, 0) is 25.1 Å². The van der Waals surface area contributed by atoms with E-state index in [4.69, 9.17) is 0 Å². The number of rotatable bonds is 5. The molecule has 3 N–H and O–H groups in total. The van der Waals surface area contributed by atoms with Gasteiger partial charge in [-0.15, -0.1) is 0 Å². The smallest absolute Gasteiger partial charge is 0.137 e. The quantitative estimate of drug-likeness (QED) is 0.777. The molecule has 2 heterocycles. The van der Waals surface area contributed by atoms with E-state index in [0.717, 1.165) is 37.4 Å². The van der Waals surface area contributed by atoms with Crippen molar-refractivity contribution >= 4 is 0 Å². The highest BCUT2D eigenvalue weighted by atomic mass is 16.3. The van der Waals surface area contributed by atoms with E-state index < -0.39 is 0 Å². The lowest BCUT2D eigenvalue weighted by Gasteiger charge is -2.23. The topological polar surface area (TPSA) is 64.2 Å². The molecule has 112 valence electrons. The van der Waals surface area contributed by atoms with Crippen molar-refractivity contribution in [1.82, 2.24) is 20.2 Å². The van der Waals surface area contributed by atoms with E-state index in [9.17, 15) is 5.11 Å². The summed E-state index contributed by atoms with van der Waals surface area (Å²) in [6.45, 7) is 2.66. The number of benzene rings is 1. The zero-order chi connectivity index (χ0) is 14.7. The summed E-state index contributed by atoms with van der Waals surface area (Å²) in [4.78, 5) is 9.76. The number of aliphatic hydroxyl groups excluding tert-OH is 1. The lowest BCUT2D eigenvalue weighted by atomic mass is 10.0. The third-order valence-corrected chi connectivity index (χ3v) is 4.10. The van der Waals surface area contributed by atoms with Crippen molar-refractivity contribution in [2.24, 2.45) is 0 Å². The molecule has 2 atom stereocenters. The maximum atomic E-state index is 9.65. The van der Waals surface area contributed by atoms with Crippen LogP contribution in [-0.4, -0.2) is 52.8 Å². The van der Waals surface area contributed by atoms with Crippen molar-refractivity contribution in [3.63, 3.8) is 0 Å². The number of hydrogen-bond donors (Lipinski definition) is 3. The second-order valence-corrected chi connectivity index (χ2v) is 5.61. The van der Waals surface area contributed by atoms with Gasteiger partial charge in [-0.1, -0.05) is 18.2 Å². The Labute approximate surface area is 125 Å². The van der Waals surface area contributed by atoms with Crippen molar-refractivity contribution in [2.45, 2.75) is 18.6 Å². The van der Waals surface area contributed by atoms with Gasteiger partial charge in [0.1, 0.15) is 5.82 Å². The first kappa shape index (κ1) is 14.3. The zero-order valence-electron chi connectivity index (χ0n) is 12.3. The molecule has 2 unspecified atom stereocenters. The predicted molar refractivity (Wildman–Crippen MR) is 82.9 cm³/mol. The molecule has 1 aliphatic heterocycles. The van der Waals surface area contributed by atoms with Crippen molar-refractivity contribution < 1.29 is 5.11 Å². The first-order valence-electron chi connectivity index (χ1n) is 7.43. The fourth-order valence-electron chi connectivity index (χ4n) is 2.93. The molecule has 0 saturated carbocycles. The zero-order valence-corrected chi connectivity index (χ0v) is 12.3. The van der Waals surface area contributed by atoms with E-state index in [1.807, 2.05) is 13.2 Å². The lowest BCUT2D eigenvalue weighted by molar-refractivity contribution is 0.173. The van der Waals surface area contributed by atoms with Crippen LogP contribution in [0.1, 0.15) is 18.0 Å². The summed E-state index contributed by atoms with van der Waals surface area (Å²) in [6.07, 6.45) is 4.31. The fraction of sp³-hybridized carbons (Fsp3) is 0.438. The summed E-state index contributed by atoms with van der Waals surface area (Å²) >= 11 is 0. The molecule has 1 aromatic carbocycles. The monoisotopic (exact) mass is 286 g/mol. The van der Waals surface area contributed by atoms with Crippen LogP contribution < -0.4 is 5.32 Å². The van der Waals surface area contributed by atoms with Crippen LogP contribution in [0.4, 0.5) is 0 Å². The van der Waals surface area contributed by atoms with E-state index in [1.165, 1.54) is 5.56 Å². The molecule has 0 bridgehead atoms. The first-order chi connectivity index (χ1) is 10.3. The van der Waals surface area contributed by atoms with Gasteiger partial charge in [-0.25, -0.2) is 4.98 Å². The normalized spacial score (nSPS) is 20.8. The van der Waals surface area contributed by atoms with Crippen LogP contribution in [0.15, 0.2) is 36.7 Å². The largest absolute Gasteiger partial charge is 0.392 e. The van der Waals surface area contributed by atoms with Crippen molar-refractivity contribution in [1.29, 1.82) is 0 Å². The summed E-state index contributed by atoms with van der Waals surface area (Å²) in [5.74, 6) is 0.892. The SMILES string of the molecule is CNC(CN1CCC(O)C1)c1cccc(-c2ncc[nH]2)c1. The van der Waals surface area contributed by atoms with Gasteiger partial charge in [-0.3, -0.25) is 4.90 Å². The molecule has 1 aliphatic rings. The van der Waals surface area contributed by atoms with E-state index in [2.05, 4.69) is 44.5 Å². The molecule has 1 aromatic heterocycles. The van der Waals surface area contributed by atoms with E-state index >= 15 is 0 Å². The number of aromatic amines is 1. The van der Waals surface area contributed by atoms with Crippen LogP contribution >= 0.6 is 0 Å². The molecule has 0 amide bonds. The molecule has 0 spiro atoms. The van der Waals surface area contributed by atoms with E-state index in [1.54, 1.807) is 6.20 Å². The van der Waals surface area contributed by atoms with Crippen LogP contribution in [0, 0.1) is 0 Å². The summed E-state index contributed by atoms with van der Waals surface area (Å²) in [7, 11) is 1.98. The Balaban J connectivity index is 1.76. The number of imidazole rings is 1. The number of nitrogens with one attached hydrogen (secondary N) is 2. The Morgan fingerprint density at radius 2 is 2.43 bits per heavy atom. The van der Waals surface area contributed by atoms with Gasteiger partial charge in [0.25, 0.3) is 0 Å². The van der Waals surface area contributed by atoms with Gasteiger partial charge in [0.15, 0.2) is 0 Å². The number of hydrogen-bond acceptors (Lipinski definition) is 4. The molecule has 3 rings (SSSR count). The van der Waals surface area contributed by atoms with E-state index in [0.29, 0.717) is 0 Å². The molecule has 2 aromatic rings. The molecule has 5 heteroatoms. The van der Waals surface area contributed by atoms with E-state index in [-0.39, 0.29) is 12.1 Å². The lowest BCUT2D eigenvalue weighted by Crippen LogP contribution is -2.33. The third-order valence-electron chi connectivity index (χ3n) is 4.10. The highest BCUT2D eigenvalue weighted by molar-refractivity contribution is 5.56. The van der Waals surface area contributed by atoms with Crippen LogP contribution in [-0.2, 0) is 0 Å². The minimum atomic E-state index is -0.169. The Bertz CT molecular complexity index is 569. The number of H-pyrrole nitrogens is 1. The summed E-state index contributed by atoms with van der Waals surface area (Å²) in [5, 5.41) is 13.0. The average molecular weight is 286 g/mol. The molecule has 1 saturated heterocycles. The predicted octanol–water partition coefficient (Wildman–Crippen LogP) is 1.40. The molecule has 1 fully saturated rings. The van der Waals surface area contributed by atoms with Gasteiger partial charge in [0.2, 0.25) is 0 Å². The summed E-state index contributed by atoms with van der Waals surface area (Å²) in [5.41, 5.74) is 2.34. The van der Waals surface area contributed by atoms with Crippen molar-refractivity contribution in [2.75, 3.05) is 26.7 Å². The summed E-state index contributed by atoms with van der Waals surface area (Å²) < 4.78 is 0. The molecular formula is C16H22N4O. The second-order valence-electron chi connectivity index (χ2n) is 5.61. The van der Waals surface area contributed by atoms with Crippen molar-refractivity contribution in [3.05, 3.63) is 42.2 Å².